The van der Waals surface area contributed by atoms with Crippen LogP contribution in [0.5, 0.6) is 0 Å². The third kappa shape index (κ3) is 5.45. The lowest BCUT2D eigenvalue weighted by atomic mass is 9.99. The van der Waals surface area contributed by atoms with Gasteiger partial charge in [-0.1, -0.05) is 146 Å². The lowest BCUT2D eigenvalue weighted by molar-refractivity contribution is 0.669. The summed E-state index contributed by atoms with van der Waals surface area (Å²) in [6.45, 7) is 0. The van der Waals surface area contributed by atoms with E-state index in [1.807, 2.05) is 30.3 Å². The normalized spacial score (nSPS) is 11.3. The van der Waals surface area contributed by atoms with Crippen molar-refractivity contribution < 1.29 is 4.42 Å². The molecular weight excluding hydrogens is 599 g/mol. The van der Waals surface area contributed by atoms with Crippen molar-refractivity contribution in [2.24, 2.45) is 0 Å². The largest absolute Gasteiger partial charge is 0.456 e. The molecule has 0 bridgehead atoms. The summed E-state index contributed by atoms with van der Waals surface area (Å²) < 4.78 is 6.41. The minimum atomic E-state index is 0.584. The summed E-state index contributed by atoms with van der Waals surface area (Å²) in [7, 11) is 0. The Balaban J connectivity index is 1.21. The van der Waals surface area contributed by atoms with Crippen molar-refractivity contribution in [3.63, 3.8) is 0 Å². The van der Waals surface area contributed by atoms with Crippen LogP contribution < -0.4 is 0 Å². The summed E-state index contributed by atoms with van der Waals surface area (Å²) in [5.74, 6) is 1.81. The number of hydrogen-bond acceptors (Lipinski definition) is 4. The molecule has 0 saturated carbocycles. The zero-order valence-electron chi connectivity index (χ0n) is 26.5. The fraction of sp³-hybridized carbons (Fsp3) is 0. The predicted molar refractivity (Wildman–Crippen MR) is 200 cm³/mol. The summed E-state index contributed by atoms with van der Waals surface area (Å²) in [6.07, 6.45) is 0. The smallest absolute Gasteiger partial charge is 0.164 e. The van der Waals surface area contributed by atoms with Crippen LogP contribution >= 0.6 is 0 Å². The Bertz CT molecular complexity index is 2590. The van der Waals surface area contributed by atoms with Crippen LogP contribution in [0.15, 0.2) is 180 Å². The maximum Gasteiger partial charge on any atom is 0.164 e. The van der Waals surface area contributed by atoms with Crippen LogP contribution in [0.2, 0.25) is 0 Å². The number of fused-ring (bicyclic) bond motifs is 3. The molecule has 2 aromatic heterocycles. The van der Waals surface area contributed by atoms with Crippen LogP contribution in [0.25, 0.3) is 89.5 Å². The molecule has 230 valence electrons. The Hall–Kier alpha value is -6.65. The molecule has 0 saturated heterocycles. The van der Waals surface area contributed by atoms with Crippen molar-refractivity contribution in [3.05, 3.63) is 176 Å². The van der Waals surface area contributed by atoms with Crippen LogP contribution in [0.4, 0.5) is 0 Å². The second-order valence-corrected chi connectivity index (χ2v) is 12.1. The monoisotopic (exact) mass is 627 g/mol. The van der Waals surface area contributed by atoms with E-state index < -0.39 is 0 Å². The van der Waals surface area contributed by atoms with Crippen LogP contribution in [-0.2, 0) is 0 Å². The third-order valence-corrected chi connectivity index (χ3v) is 8.95. The van der Waals surface area contributed by atoms with Crippen molar-refractivity contribution in [2.45, 2.75) is 0 Å². The minimum absolute atomic E-state index is 0.584. The van der Waals surface area contributed by atoms with Crippen molar-refractivity contribution >= 4 is 21.9 Å². The molecule has 7 aromatic carbocycles. The van der Waals surface area contributed by atoms with Crippen molar-refractivity contribution in [2.75, 3.05) is 0 Å². The zero-order chi connectivity index (χ0) is 32.6. The summed E-state index contributed by atoms with van der Waals surface area (Å²) in [4.78, 5) is 15.3. The van der Waals surface area contributed by atoms with E-state index in [1.54, 1.807) is 0 Å². The van der Waals surface area contributed by atoms with Crippen LogP contribution in [-0.4, -0.2) is 15.0 Å². The zero-order valence-corrected chi connectivity index (χ0v) is 26.5. The van der Waals surface area contributed by atoms with E-state index in [1.165, 1.54) is 5.56 Å². The van der Waals surface area contributed by atoms with E-state index in [9.17, 15) is 0 Å². The first kappa shape index (κ1) is 28.6. The Morgan fingerprint density at radius 2 is 0.796 bits per heavy atom. The number of nitrogens with zero attached hydrogens (tertiary/aromatic N) is 3. The Morgan fingerprint density at radius 3 is 1.49 bits per heavy atom. The summed E-state index contributed by atoms with van der Waals surface area (Å²) in [5.41, 5.74) is 11.1. The topological polar surface area (TPSA) is 51.8 Å². The first-order valence-electron chi connectivity index (χ1n) is 16.4. The van der Waals surface area contributed by atoms with Crippen LogP contribution in [0.3, 0.4) is 0 Å². The average Bonchev–Trinajstić information content (AvgIpc) is 3.56. The first-order valence-corrected chi connectivity index (χ1v) is 16.4. The molecule has 9 aromatic rings. The number of hydrogen-bond donors (Lipinski definition) is 0. The number of furan rings is 1. The predicted octanol–water partition coefficient (Wildman–Crippen LogP) is 11.8. The molecule has 0 aliphatic carbocycles. The fourth-order valence-electron chi connectivity index (χ4n) is 6.50. The van der Waals surface area contributed by atoms with Gasteiger partial charge in [0.05, 0.1) is 0 Å². The molecule has 0 fully saturated rings. The molecule has 49 heavy (non-hydrogen) atoms. The molecule has 0 spiro atoms. The lowest BCUT2D eigenvalue weighted by Gasteiger charge is -2.12. The van der Waals surface area contributed by atoms with Gasteiger partial charge in [0, 0.05) is 27.5 Å². The van der Waals surface area contributed by atoms with Gasteiger partial charge in [-0.15, -0.1) is 0 Å². The summed E-state index contributed by atoms with van der Waals surface area (Å²) >= 11 is 0. The molecule has 4 heteroatoms. The molecule has 0 N–H and O–H groups in total. The molecule has 9 rings (SSSR count). The minimum Gasteiger partial charge on any atom is -0.456 e. The van der Waals surface area contributed by atoms with Crippen LogP contribution in [0.1, 0.15) is 0 Å². The Labute approximate surface area is 284 Å². The Kier molecular flexibility index (Phi) is 7.10. The molecule has 0 radical (unpaired) electrons. The van der Waals surface area contributed by atoms with E-state index in [2.05, 4.69) is 146 Å². The van der Waals surface area contributed by atoms with Gasteiger partial charge in [-0.05, 0) is 63.7 Å². The van der Waals surface area contributed by atoms with Gasteiger partial charge < -0.3 is 4.42 Å². The van der Waals surface area contributed by atoms with Gasteiger partial charge in [-0.2, -0.15) is 0 Å². The Morgan fingerprint density at radius 1 is 0.286 bits per heavy atom. The maximum absolute atomic E-state index is 6.41. The fourth-order valence-corrected chi connectivity index (χ4v) is 6.50. The molecule has 0 amide bonds. The molecule has 2 heterocycles. The standard InChI is InChI=1S/C45H29N3O/c1-4-13-30(14-5-1)33-19-12-20-35(27-33)43-46-44(48-45(47-43)39-22-11-10-21-37(39)32-17-8-3-9-18-32)36-23-25-38-40-28-34(31-15-6-2-7-16-31)24-26-41(40)49-42(38)29-36/h1-29H. The number of benzene rings is 7. The van der Waals surface area contributed by atoms with Crippen molar-refractivity contribution in [3.8, 4) is 67.5 Å². The van der Waals surface area contributed by atoms with E-state index in [-0.39, 0.29) is 0 Å². The third-order valence-electron chi connectivity index (χ3n) is 8.95. The van der Waals surface area contributed by atoms with E-state index in [4.69, 9.17) is 19.4 Å². The van der Waals surface area contributed by atoms with E-state index in [0.717, 1.165) is 66.4 Å². The first-order chi connectivity index (χ1) is 24.3. The highest BCUT2D eigenvalue weighted by atomic mass is 16.3. The maximum atomic E-state index is 6.41. The van der Waals surface area contributed by atoms with Crippen molar-refractivity contribution in [1.29, 1.82) is 0 Å². The van der Waals surface area contributed by atoms with Gasteiger partial charge >= 0.3 is 0 Å². The second-order valence-electron chi connectivity index (χ2n) is 12.1. The molecule has 0 unspecified atom stereocenters. The highest BCUT2D eigenvalue weighted by molar-refractivity contribution is 6.07. The lowest BCUT2D eigenvalue weighted by Crippen LogP contribution is -2.01. The number of rotatable bonds is 6. The SMILES string of the molecule is c1ccc(-c2cccc(-c3nc(-c4ccc5c(c4)oc4ccc(-c6ccccc6)cc45)nc(-c4ccccc4-c4ccccc4)n3)c2)cc1. The van der Waals surface area contributed by atoms with Crippen LogP contribution in [0, 0.1) is 0 Å². The van der Waals surface area contributed by atoms with E-state index >= 15 is 0 Å². The quantitative estimate of drug-likeness (QED) is 0.184. The van der Waals surface area contributed by atoms with Gasteiger partial charge in [0.2, 0.25) is 0 Å². The average molecular weight is 628 g/mol. The second kappa shape index (κ2) is 12.2. The summed E-state index contributed by atoms with van der Waals surface area (Å²) in [5, 5.41) is 2.13. The molecule has 0 aliphatic heterocycles. The van der Waals surface area contributed by atoms with Crippen molar-refractivity contribution in [1.82, 2.24) is 15.0 Å². The highest BCUT2D eigenvalue weighted by Crippen LogP contribution is 2.36. The summed E-state index contributed by atoms with van der Waals surface area (Å²) in [6, 6.07) is 60.4. The molecular formula is C45H29N3O. The van der Waals surface area contributed by atoms with Gasteiger partial charge in [-0.25, -0.2) is 15.0 Å². The number of aromatic nitrogens is 3. The molecule has 4 nitrogen and oxygen atoms in total. The van der Waals surface area contributed by atoms with Gasteiger partial charge in [-0.3, -0.25) is 0 Å². The molecule has 0 aliphatic rings. The molecule has 0 atom stereocenters. The van der Waals surface area contributed by atoms with E-state index in [0.29, 0.717) is 17.5 Å². The van der Waals surface area contributed by atoms with Gasteiger partial charge in [0.1, 0.15) is 11.2 Å². The van der Waals surface area contributed by atoms with Gasteiger partial charge in [0.25, 0.3) is 0 Å². The highest BCUT2D eigenvalue weighted by Gasteiger charge is 2.17. The van der Waals surface area contributed by atoms with Gasteiger partial charge in [0.15, 0.2) is 17.5 Å².